The normalized spacial score (nSPS) is 24.1. The molecule has 0 aromatic rings. The fraction of sp³-hybridized carbons (Fsp3) is 0.818. The molecule has 2 aliphatic heterocycles. The number of carbonyl (C=O) groups excluding carboxylic acids is 2. The Balaban J connectivity index is 1.99. The summed E-state index contributed by atoms with van der Waals surface area (Å²) in [7, 11) is 0. The van der Waals surface area contributed by atoms with Crippen molar-refractivity contribution < 1.29 is 32.2 Å². The zero-order valence-electron chi connectivity index (χ0n) is 10.8. The van der Waals surface area contributed by atoms with E-state index < -0.39 is 23.8 Å². The standard InChI is InChI=1S/C11H15F3N2O4/c1-9(15,20-8(18)11(12,13)14)7(17)16-3-2-10(4-16)5-19-6-10/h2-6,15H2,1H3/t9-/m1/s1. The van der Waals surface area contributed by atoms with Gasteiger partial charge < -0.3 is 14.4 Å². The van der Waals surface area contributed by atoms with Gasteiger partial charge in [-0.3, -0.25) is 10.5 Å². The zero-order chi connectivity index (χ0) is 15.2. The lowest BCUT2D eigenvalue weighted by Crippen LogP contribution is -2.57. The summed E-state index contributed by atoms with van der Waals surface area (Å²) in [4.78, 5) is 24.2. The first-order chi connectivity index (χ1) is 9.06. The van der Waals surface area contributed by atoms with Crippen LogP contribution >= 0.6 is 0 Å². The van der Waals surface area contributed by atoms with E-state index in [0.29, 0.717) is 32.7 Å². The molecule has 114 valence electrons. The van der Waals surface area contributed by atoms with Crippen LogP contribution < -0.4 is 5.73 Å². The Kier molecular flexibility index (Phi) is 3.45. The third kappa shape index (κ3) is 2.73. The van der Waals surface area contributed by atoms with Gasteiger partial charge in [-0.2, -0.15) is 13.2 Å². The van der Waals surface area contributed by atoms with Crippen LogP contribution in [0.1, 0.15) is 13.3 Å². The van der Waals surface area contributed by atoms with Gasteiger partial charge in [-0.1, -0.05) is 0 Å². The number of hydrogen-bond acceptors (Lipinski definition) is 5. The van der Waals surface area contributed by atoms with Gasteiger partial charge in [-0.25, -0.2) is 4.79 Å². The number of halogens is 3. The molecule has 2 fully saturated rings. The number of carbonyl (C=O) groups is 2. The fourth-order valence-corrected chi connectivity index (χ4v) is 2.34. The molecule has 0 aliphatic carbocycles. The van der Waals surface area contributed by atoms with E-state index in [2.05, 4.69) is 4.74 Å². The SMILES string of the molecule is C[C@@](N)(OC(=O)C(F)(F)F)C(=O)N1CCC2(COC2)C1. The second kappa shape index (κ2) is 4.59. The van der Waals surface area contributed by atoms with E-state index in [1.54, 1.807) is 0 Å². The fourth-order valence-electron chi connectivity index (χ4n) is 2.34. The van der Waals surface area contributed by atoms with Crippen LogP contribution in [0, 0.1) is 5.41 Å². The largest absolute Gasteiger partial charge is 0.491 e. The van der Waals surface area contributed by atoms with Crippen molar-refractivity contribution in [2.45, 2.75) is 25.2 Å². The van der Waals surface area contributed by atoms with Gasteiger partial charge in [0.25, 0.3) is 5.91 Å². The monoisotopic (exact) mass is 296 g/mol. The Bertz CT molecular complexity index is 432. The van der Waals surface area contributed by atoms with Gasteiger partial charge in [0.05, 0.1) is 13.2 Å². The van der Waals surface area contributed by atoms with Crippen molar-refractivity contribution in [3.05, 3.63) is 0 Å². The molecule has 0 saturated carbocycles. The molecule has 2 rings (SSSR count). The van der Waals surface area contributed by atoms with Crippen LogP contribution in [0.15, 0.2) is 0 Å². The minimum atomic E-state index is -5.19. The first kappa shape index (κ1) is 15.0. The number of hydrogen-bond donors (Lipinski definition) is 1. The van der Waals surface area contributed by atoms with Crippen molar-refractivity contribution in [2.75, 3.05) is 26.3 Å². The number of ether oxygens (including phenoxy) is 2. The minimum absolute atomic E-state index is 0.125. The average molecular weight is 296 g/mol. The molecule has 1 spiro atoms. The van der Waals surface area contributed by atoms with Crippen molar-refractivity contribution in [3.63, 3.8) is 0 Å². The van der Waals surface area contributed by atoms with Crippen molar-refractivity contribution >= 4 is 11.9 Å². The third-order valence-electron chi connectivity index (χ3n) is 3.50. The summed E-state index contributed by atoms with van der Waals surface area (Å²) in [6.07, 6.45) is -4.49. The highest BCUT2D eigenvalue weighted by Crippen LogP contribution is 2.38. The molecule has 0 aromatic heterocycles. The molecule has 1 amide bonds. The summed E-state index contributed by atoms with van der Waals surface area (Å²) in [5, 5.41) is 0. The van der Waals surface area contributed by atoms with Crippen molar-refractivity contribution in [1.29, 1.82) is 0 Å². The molecule has 2 saturated heterocycles. The first-order valence-electron chi connectivity index (χ1n) is 6.02. The molecule has 0 bridgehead atoms. The van der Waals surface area contributed by atoms with E-state index >= 15 is 0 Å². The van der Waals surface area contributed by atoms with Gasteiger partial charge >= 0.3 is 12.1 Å². The lowest BCUT2D eigenvalue weighted by molar-refractivity contribution is -0.214. The van der Waals surface area contributed by atoms with E-state index in [0.717, 1.165) is 6.92 Å². The summed E-state index contributed by atoms with van der Waals surface area (Å²) < 4.78 is 45.6. The zero-order valence-corrected chi connectivity index (χ0v) is 10.8. The highest BCUT2D eigenvalue weighted by atomic mass is 19.4. The van der Waals surface area contributed by atoms with E-state index in [9.17, 15) is 22.8 Å². The molecule has 2 heterocycles. The Hall–Kier alpha value is -1.35. The number of rotatable bonds is 2. The number of amides is 1. The van der Waals surface area contributed by atoms with Crippen molar-refractivity contribution in [3.8, 4) is 0 Å². The van der Waals surface area contributed by atoms with Crippen LogP contribution in [-0.4, -0.2) is 55.0 Å². The Morgan fingerprint density at radius 1 is 1.35 bits per heavy atom. The first-order valence-corrected chi connectivity index (χ1v) is 6.02. The van der Waals surface area contributed by atoms with Crippen LogP contribution in [0.3, 0.4) is 0 Å². The maximum absolute atomic E-state index is 12.1. The summed E-state index contributed by atoms with van der Waals surface area (Å²) in [6.45, 7) is 2.68. The van der Waals surface area contributed by atoms with E-state index in [1.807, 2.05) is 0 Å². The third-order valence-corrected chi connectivity index (χ3v) is 3.50. The van der Waals surface area contributed by atoms with Gasteiger partial charge in [0, 0.05) is 18.5 Å². The minimum Gasteiger partial charge on any atom is -0.428 e. The van der Waals surface area contributed by atoms with E-state index in [-0.39, 0.29) is 5.41 Å². The van der Waals surface area contributed by atoms with Gasteiger partial charge in [-0.05, 0) is 13.3 Å². The Labute approximate surface area is 113 Å². The van der Waals surface area contributed by atoms with Gasteiger partial charge in [0.1, 0.15) is 0 Å². The Morgan fingerprint density at radius 3 is 2.35 bits per heavy atom. The van der Waals surface area contributed by atoms with Gasteiger partial charge in [0.15, 0.2) is 0 Å². The number of esters is 1. The summed E-state index contributed by atoms with van der Waals surface area (Å²) in [6, 6.07) is 0. The quantitative estimate of drug-likeness (QED) is 0.573. The molecule has 6 nitrogen and oxygen atoms in total. The topological polar surface area (TPSA) is 81.9 Å². The molecule has 20 heavy (non-hydrogen) atoms. The maximum atomic E-state index is 12.1. The van der Waals surface area contributed by atoms with Crippen LogP contribution in [0.4, 0.5) is 13.2 Å². The van der Waals surface area contributed by atoms with Gasteiger partial charge in [0.2, 0.25) is 5.72 Å². The summed E-state index contributed by atoms with van der Waals surface area (Å²) >= 11 is 0. The molecule has 2 N–H and O–H groups in total. The molecular weight excluding hydrogens is 281 g/mol. The highest BCUT2D eigenvalue weighted by Gasteiger charge is 2.51. The van der Waals surface area contributed by atoms with Crippen LogP contribution in [0.25, 0.3) is 0 Å². The maximum Gasteiger partial charge on any atom is 0.491 e. The summed E-state index contributed by atoms with van der Waals surface area (Å²) in [5.41, 5.74) is 2.96. The number of alkyl halides is 3. The number of nitrogens with zero attached hydrogens (tertiary/aromatic N) is 1. The predicted molar refractivity (Wildman–Crippen MR) is 59.2 cm³/mol. The molecule has 1 atom stereocenters. The molecule has 0 aromatic carbocycles. The average Bonchev–Trinajstić information content (AvgIpc) is 2.70. The van der Waals surface area contributed by atoms with Crippen LogP contribution in [-0.2, 0) is 19.1 Å². The second-order valence-corrected chi connectivity index (χ2v) is 5.46. The van der Waals surface area contributed by atoms with Crippen LogP contribution in [0.2, 0.25) is 0 Å². The summed E-state index contributed by atoms with van der Waals surface area (Å²) in [5.74, 6) is -3.31. The van der Waals surface area contributed by atoms with Crippen molar-refractivity contribution in [1.82, 2.24) is 4.90 Å². The second-order valence-electron chi connectivity index (χ2n) is 5.46. The lowest BCUT2D eigenvalue weighted by atomic mass is 9.85. The number of likely N-dealkylation sites (tertiary alicyclic amines) is 1. The van der Waals surface area contributed by atoms with E-state index in [4.69, 9.17) is 10.5 Å². The highest BCUT2D eigenvalue weighted by molar-refractivity contribution is 5.88. The molecule has 9 heteroatoms. The smallest absolute Gasteiger partial charge is 0.428 e. The van der Waals surface area contributed by atoms with Crippen molar-refractivity contribution in [2.24, 2.45) is 11.1 Å². The molecular formula is C11H15F3N2O4. The predicted octanol–water partition coefficient (Wildman–Crippen LogP) is 0.0157. The van der Waals surface area contributed by atoms with E-state index in [1.165, 1.54) is 4.90 Å². The van der Waals surface area contributed by atoms with Crippen LogP contribution in [0.5, 0.6) is 0 Å². The number of nitrogens with two attached hydrogens (primary N) is 1. The molecule has 2 aliphatic rings. The molecule has 0 unspecified atom stereocenters. The molecule has 0 radical (unpaired) electrons. The lowest BCUT2D eigenvalue weighted by Gasteiger charge is -2.38. The Morgan fingerprint density at radius 2 is 1.95 bits per heavy atom. The van der Waals surface area contributed by atoms with Gasteiger partial charge in [-0.15, -0.1) is 0 Å².